The lowest BCUT2D eigenvalue weighted by Gasteiger charge is -2.23. The zero-order valence-electron chi connectivity index (χ0n) is 13.4. The summed E-state index contributed by atoms with van der Waals surface area (Å²) in [5.41, 5.74) is 6.45. The number of anilines is 1. The maximum atomic E-state index is 12.7. The summed E-state index contributed by atoms with van der Waals surface area (Å²) in [6, 6.07) is 5.92. The highest BCUT2D eigenvalue weighted by atomic mass is 16.4. The molecule has 24 heavy (non-hydrogen) atoms. The molecular weight excluding hydrogens is 310 g/mol. The Kier molecular flexibility index (Phi) is 4.46. The molecule has 3 rings (SSSR count). The Labute approximate surface area is 138 Å². The molecule has 0 saturated carbocycles. The van der Waals surface area contributed by atoms with Crippen molar-refractivity contribution < 1.29 is 14.0 Å². The third-order valence-corrected chi connectivity index (χ3v) is 4.20. The summed E-state index contributed by atoms with van der Waals surface area (Å²) >= 11 is 0. The average Bonchev–Trinajstić information content (AvgIpc) is 3.08. The number of carbonyl (C=O) groups excluding carboxylic acids is 2. The van der Waals surface area contributed by atoms with E-state index in [-0.39, 0.29) is 12.5 Å². The van der Waals surface area contributed by atoms with Crippen molar-refractivity contribution in [3.8, 4) is 0 Å². The van der Waals surface area contributed by atoms with Crippen molar-refractivity contribution >= 4 is 28.5 Å². The van der Waals surface area contributed by atoms with Crippen molar-refractivity contribution in [2.24, 2.45) is 5.73 Å². The van der Waals surface area contributed by atoms with E-state index in [1.165, 1.54) is 12.1 Å². The van der Waals surface area contributed by atoms with Gasteiger partial charge in [-0.3, -0.25) is 9.59 Å². The van der Waals surface area contributed by atoms with Gasteiger partial charge in [-0.2, -0.15) is 0 Å². The van der Waals surface area contributed by atoms with Gasteiger partial charge in [0, 0.05) is 17.5 Å². The molecule has 0 bridgehead atoms. The third kappa shape index (κ3) is 2.95. The van der Waals surface area contributed by atoms with Gasteiger partial charge in [-0.15, -0.1) is 0 Å². The summed E-state index contributed by atoms with van der Waals surface area (Å²) in [7, 11) is 0. The van der Waals surface area contributed by atoms with E-state index in [4.69, 9.17) is 10.2 Å². The summed E-state index contributed by atoms with van der Waals surface area (Å²) in [5, 5.41) is 3.84. The highest BCUT2D eigenvalue weighted by molar-refractivity contribution is 6.17. The highest BCUT2D eigenvalue weighted by Crippen LogP contribution is 2.25. The topological polar surface area (TPSA) is 106 Å². The van der Waals surface area contributed by atoms with Gasteiger partial charge in [-0.1, -0.05) is 0 Å². The standard InChI is InChI=1S/C17H19N3O4/c1-10-7-16(22)24-14-8-11(4-5-12(10)14)20(15(21)9-18)17(23)13-3-2-6-19-13/h4-5,7-8,13,19H,2-3,6,9,18H2,1H3/t13-/m1/s1. The first-order valence-electron chi connectivity index (χ1n) is 7.86. The Bertz CT molecular complexity index is 853. The van der Waals surface area contributed by atoms with Gasteiger partial charge in [0.15, 0.2) is 0 Å². The van der Waals surface area contributed by atoms with Gasteiger partial charge >= 0.3 is 5.63 Å². The average molecular weight is 329 g/mol. The number of aryl methyl sites for hydroxylation is 1. The number of rotatable bonds is 3. The lowest BCUT2D eigenvalue weighted by atomic mass is 10.1. The molecule has 1 fully saturated rings. The Morgan fingerprint density at radius 3 is 2.83 bits per heavy atom. The van der Waals surface area contributed by atoms with E-state index >= 15 is 0 Å². The van der Waals surface area contributed by atoms with Gasteiger partial charge in [0.25, 0.3) is 5.91 Å². The fourth-order valence-corrected chi connectivity index (χ4v) is 2.99. The van der Waals surface area contributed by atoms with Crippen LogP contribution in [0.1, 0.15) is 18.4 Å². The highest BCUT2D eigenvalue weighted by Gasteiger charge is 2.31. The number of hydrogen-bond acceptors (Lipinski definition) is 6. The summed E-state index contributed by atoms with van der Waals surface area (Å²) in [4.78, 5) is 37.6. The van der Waals surface area contributed by atoms with Crippen molar-refractivity contribution in [3.05, 3.63) is 40.2 Å². The molecule has 1 saturated heterocycles. The molecule has 1 aliphatic rings. The molecule has 126 valence electrons. The van der Waals surface area contributed by atoms with Crippen LogP contribution in [0.4, 0.5) is 5.69 Å². The van der Waals surface area contributed by atoms with E-state index in [9.17, 15) is 14.4 Å². The van der Waals surface area contributed by atoms with E-state index in [0.29, 0.717) is 17.7 Å². The maximum Gasteiger partial charge on any atom is 0.336 e. The van der Waals surface area contributed by atoms with Gasteiger partial charge < -0.3 is 15.5 Å². The number of hydrogen-bond donors (Lipinski definition) is 2. The Morgan fingerprint density at radius 2 is 2.17 bits per heavy atom. The molecule has 2 amide bonds. The molecular formula is C17H19N3O4. The van der Waals surface area contributed by atoms with Crippen molar-refractivity contribution in [1.82, 2.24) is 5.32 Å². The minimum atomic E-state index is -0.497. The van der Waals surface area contributed by atoms with Crippen LogP contribution in [-0.4, -0.2) is 30.9 Å². The summed E-state index contributed by atoms with van der Waals surface area (Å²) in [6.07, 6.45) is 1.56. The summed E-state index contributed by atoms with van der Waals surface area (Å²) < 4.78 is 5.20. The van der Waals surface area contributed by atoms with E-state index in [1.807, 2.05) is 0 Å². The minimum Gasteiger partial charge on any atom is -0.423 e. The molecule has 2 aromatic rings. The van der Waals surface area contributed by atoms with E-state index < -0.39 is 17.6 Å². The van der Waals surface area contributed by atoms with Gasteiger partial charge in [0.1, 0.15) is 5.58 Å². The first-order valence-corrected chi connectivity index (χ1v) is 7.86. The van der Waals surface area contributed by atoms with Crippen molar-refractivity contribution in [2.45, 2.75) is 25.8 Å². The number of nitrogens with zero attached hydrogens (tertiary/aromatic N) is 1. The molecule has 7 nitrogen and oxygen atoms in total. The van der Waals surface area contributed by atoms with E-state index in [0.717, 1.165) is 28.8 Å². The second kappa shape index (κ2) is 6.54. The Hall–Kier alpha value is -2.51. The van der Waals surface area contributed by atoms with Gasteiger partial charge in [-0.05, 0) is 44.0 Å². The molecule has 3 N–H and O–H groups in total. The van der Waals surface area contributed by atoms with Crippen LogP contribution < -0.4 is 21.6 Å². The monoisotopic (exact) mass is 329 g/mol. The van der Waals surface area contributed by atoms with Gasteiger partial charge in [-0.25, -0.2) is 9.69 Å². The second-order valence-electron chi connectivity index (χ2n) is 5.85. The van der Waals surface area contributed by atoms with Gasteiger partial charge in [0.05, 0.1) is 18.3 Å². The molecule has 0 radical (unpaired) electrons. The van der Waals surface area contributed by atoms with Crippen LogP contribution in [0.15, 0.2) is 33.5 Å². The van der Waals surface area contributed by atoms with Crippen LogP contribution in [0.25, 0.3) is 11.0 Å². The SMILES string of the molecule is Cc1cc(=O)oc2cc(N(C(=O)CN)C(=O)[C@H]3CCCN3)ccc12. The minimum absolute atomic E-state index is 0.283. The predicted octanol–water partition coefficient (Wildman–Crippen LogP) is 0.672. The molecule has 1 atom stereocenters. The first kappa shape index (κ1) is 16.4. The first-order chi connectivity index (χ1) is 11.5. The number of nitrogens with one attached hydrogen (secondary N) is 1. The smallest absolute Gasteiger partial charge is 0.336 e. The van der Waals surface area contributed by atoms with Crippen LogP contribution in [0.2, 0.25) is 0 Å². The van der Waals surface area contributed by atoms with Crippen LogP contribution >= 0.6 is 0 Å². The summed E-state index contributed by atoms with van der Waals surface area (Å²) in [6.45, 7) is 2.26. The zero-order chi connectivity index (χ0) is 17.3. The Morgan fingerprint density at radius 1 is 1.38 bits per heavy atom. The van der Waals surface area contributed by atoms with Crippen molar-refractivity contribution in [1.29, 1.82) is 0 Å². The van der Waals surface area contributed by atoms with Crippen LogP contribution in [0, 0.1) is 6.92 Å². The molecule has 1 aromatic carbocycles. The van der Waals surface area contributed by atoms with Crippen molar-refractivity contribution in [2.75, 3.05) is 18.0 Å². The molecule has 0 unspecified atom stereocenters. The molecule has 0 aliphatic carbocycles. The van der Waals surface area contributed by atoms with Crippen LogP contribution in [0.3, 0.4) is 0 Å². The third-order valence-electron chi connectivity index (χ3n) is 4.20. The van der Waals surface area contributed by atoms with Crippen LogP contribution in [-0.2, 0) is 9.59 Å². The maximum absolute atomic E-state index is 12.7. The molecule has 7 heteroatoms. The number of benzene rings is 1. The number of amides is 2. The fraction of sp³-hybridized carbons (Fsp3) is 0.353. The molecule has 1 aliphatic heterocycles. The zero-order valence-corrected chi connectivity index (χ0v) is 13.4. The normalized spacial score (nSPS) is 17.2. The number of imide groups is 1. The number of nitrogens with two attached hydrogens (primary N) is 1. The largest absolute Gasteiger partial charge is 0.423 e. The molecule has 2 heterocycles. The number of fused-ring (bicyclic) bond motifs is 1. The summed E-state index contributed by atoms with van der Waals surface area (Å²) in [5.74, 6) is -0.833. The lowest BCUT2D eigenvalue weighted by Crippen LogP contribution is -2.49. The van der Waals surface area contributed by atoms with E-state index in [1.54, 1.807) is 19.1 Å². The Balaban J connectivity index is 2.07. The predicted molar refractivity (Wildman–Crippen MR) is 89.8 cm³/mol. The lowest BCUT2D eigenvalue weighted by molar-refractivity contribution is -0.126. The fourth-order valence-electron chi connectivity index (χ4n) is 2.99. The van der Waals surface area contributed by atoms with E-state index in [2.05, 4.69) is 5.32 Å². The van der Waals surface area contributed by atoms with Gasteiger partial charge in [0.2, 0.25) is 5.91 Å². The van der Waals surface area contributed by atoms with Crippen LogP contribution in [0.5, 0.6) is 0 Å². The van der Waals surface area contributed by atoms with Crippen molar-refractivity contribution in [3.63, 3.8) is 0 Å². The molecule has 0 spiro atoms. The quantitative estimate of drug-likeness (QED) is 0.802. The number of carbonyl (C=O) groups is 2. The second-order valence-corrected chi connectivity index (χ2v) is 5.85. The molecule has 1 aromatic heterocycles.